The third kappa shape index (κ3) is 3.99. The van der Waals surface area contributed by atoms with E-state index in [1.54, 1.807) is 0 Å². The molecule has 0 aliphatic carbocycles. The first-order chi connectivity index (χ1) is 10.8. The van der Waals surface area contributed by atoms with Crippen LogP contribution in [0.15, 0.2) is 34.9 Å². The molecule has 1 amide bonds. The van der Waals surface area contributed by atoms with E-state index in [-0.39, 0.29) is 5.56 Å². The topological polar surface area (TPSA) is 82.5 Å². The third-order valence-corrected chi connectivity index (χ3v) is 3.47. The predicted molar refractivity (Wildman–Crippen MR) is 77.1 cm³/mol. The number of hydrogen-bond acceptors (Lipinski definition) is 3. The number of pyridine rings is 1. The number of aromatic nitrogens is 1. The summed E-state index contributed by atoms with van der Waals surface area (Å²) in [4.78, 5) is 14.3. The van der Waals surface area contributed by atoms with Crippen LogP contribution in [-0.4, -0.2) is 21.3 Å². The quantitative estimate of drug-likeness (QED) is 0.699. The molecule has 3 N–H and O–H groups in total. The molecule has 1 heterocycles. The summed E-state index contributed by atoms with van der Waals surface area (Å²) < 4.78 is 41.3. The van der Waals surface area contributed by atoms with Crippen LogP contribution in [0.5, 0.6) is 0 Å². The fourth-order valence-corrected chi connectivity index (χ4v) is 2.39. The van der Waals surface area contributed by atoms with Gasteiger partial charge < -0.3 is 15.5 Å². The molecule has 0 unspecified atom stereocenters. The first-order valence-corrected chi connectivity index (χ1v) is 7.02. The van der Waals surface area contributed by atoms with Gasteiger partial charge in [0.15, 0.2) is 0 Å². The van der Waals surface area contributed by atoms with Crippen LogP contribution in [0.2, 0.25) is 0 Å². The molecule has 0 fully saturated rings. The summed E-state index contributed by atoms with van der Waals surface area (Å²) in [5.41, 5.74) is -0.832. The molecule has 0 saturated carbocycles. The van der Waals surface area contributed by atoms with Crippen molar-refractivity contribution in [3.05, 3.63) is 63.6 Å². The molecular weight excluding hydrogens is 381 g/mol. The third-order valence-electron chi connectivity index (χ3n) is 3.04. The number of carbonyl (C=O) groups is 1. The maximum atomic E-state index is 13.9. The Bertz CT molecular complexity index is 745. The number of benzene rings is 1. The van der Waals surface area contributed by atoms with E-state index in [1.165, 1.54) is 6.07 Å². The maximum Gasteiger partial charge on any atom is 0.405 e. The SMILES string of the molecule is O=C(O)N[C@H](c1cc(Br)cnc1F)[C@H](O)c1cc(F)ccc1F. The number of aliphatic hydroxyl groups is 1. The molecule has 0 aliphatic rings. The number of nitrogens with zero attached hydrogens (tertiary/aromatic N) is 1. The summed E-state index contributed by atoms with van der Waals surface area (Å²) in [6.45, 7) is 0. The molecule has 0 saturated heterocycles. The van der Waals surface area contributed by atoms with E-state index in [1.807, 2.05) is 5.32 Å². The Balaban J connectivity index is 2.51. The minimum absolute atomic E-state index is 0.318. The number of carboxylic acid groups (broad SMARTS) is 1. The summed E-state index contributed by atoms with van der Waals surface area (Å²) >= 11 is 3.04. The molecule has 0 radical (unpaired) electrons. The van der Waals surface area contributed by atoms with Crippen LogP contribution in [-0.2, 0) is 0 Å². The Hall–Kier alpha value is -2.13. The molecule has 2 aromatic rings. The van der Waals surface area contributed by atoms with Crippen molar-refractivity contribution in [2.75, 3.05) is 0 Å². The number of rotatable bonds is 4. The second-order valence-electron chi connectivity index (χ2n) is 4.57. The van der Waals surface area contributed by atoms with E-state index in [9.17, 15) is 23.1 Å². The van der Waals surface area contributed by atoms with Crippen molar-refractivity contribution in [3.63, 3.8) is 0 Å². The fraction of sp³-hybridized carbons (Fsp3) is 0.143. The number of halogens is 4. The van der Waals surface area contributed by atoms with Crippen LogP contribution >= 0.6 is 15.9 Å². The van der Waals surface area contributed by atoms with Crippen molar-refractivity contribution in [3.8, 4) is 0 Å². The van der Waals surface area contributed by atoms with Crippen molar-refractivity contribution in [2.24, 2.45) is 0 Å². The van der Waals surface area contributed by atoms with Gasteiger partial charge in [0.05, 0.1) is 6.04 Å². The number of amides is 1. The lowest BCUT2D eigenvalue weighted by Crippen LogP contribution is -2.32. The molecule has 2 rings (SSSR count). The van der Waals surface area contributed by atoms with Crippen LogP contribution in [0.4, 0.5) is 18.0 Å². The fourth-order valence-electron chi connectivity index (χ4n) is 2.04. The van der Waals surface area contributed by atoms with Crippen molar-refractivity contribution < 1.29 is 28.2 Å². The first kappa shape index (κ1) is 17.2. The average molecular weight is 391 g/mol. The van der Waals surface area contributed by atoms with Gasteiger partial charge in [-0.15, -0.1) is 0 Å². The summed E-state index contributed by atoms with van der Waals surface area (Å²) in [6.07, 6.45) is -2.32. The van der Waals surface area contributed by atoms with Gasteiger partial charge in [0.1, 0.15) is 17.7 Å². The Labute approximate surface area is 136 Å². The van der Waals surface area contributed by atoms with Crippen LogP contribution in [0.1, 0.15) is 23.3 Å². The van der Waals surface area contributed by atoms with Gasteiger partial charge >= 0.3 is 6.09 Å². The van der Waals surface area contributed by atoms with Crippen LogP contribution in [0.25, 0.3) is 0 Å². The minimum Gasteiger partial charge on any atom is -0.465 e. The summed E-state index contributed by atoms with van der Waals surface area (Å²) in [5, 5.41) is 21.0. The molecule has 0 aliphatic heterocycles. The standard InChI is InChI=1S/C14H10BrF3N2O3/c15-6-3-9(13(18)19-5-6)11(20-14(22)23)12(21)8-4-7(16)1-2-10(8)17/h1-5,11-12,20-21H,(H,22,23)/t11-,12-/m1/s1. The molecule has 1 aromatic heterocycles. The van der Waals surface area contributed by atoms with E-state index in [0.717, 1.165) is 18.3 Å². The zero-order valence-electron chi connectivity index (χ0n) is 11.3. The highest BCUT2D eigenvalue weighted by molar-refractivity contribution is 9.10. The van der Waals surface area contributed by atoms with Crippen molar-refractivity contribution in [1.82, 2.24) is 10.3 Å². The van der Waals surface area contributed by atoms with Gasteiger partial charge in [0.25, 0.3) is 0 Å². The summed E-state index contributed by atoms with van der Waals surface area (Å²) in [6, 6.07) is 1.92. The second-order valence-corrected chi connectivity index (χ2v) is 5.49. The lowest BCUT2D eigenvalue weighted by molar-refractivity contribution is 0.115. The lowest BCUT2D eigenvalue weighted by atomic mass is 9.96. The van der Waals surface area contributed by atoms with Gasteiger partial charge in [0, 0.05) is 21.8 Å². The molecule has 9 heteroatoms. The molecule has 2 atom stereocenters. The molecular formula is C14H10BrF3N2O3. The zero-order valence-corrected chi connectivity index (χ0v) is 12.9. The van der Waals surface area contributed by atoms with Gasteiger partial charge in [-0.05, 0) is 40.2 Å². The van der Waals surface area contributed by atoms with E-state index in [2.05, 4.69) is 20.9 Å². The second kappa shape index (κ2) is 6.97. The van der Waals surface area contributed by atoms with Crippen molar-refractivity contribution in [1.29, 1.82) is 0 Å². The van der Waals surface area contributed by atoms with Gasteiger partial charge in [-0.1, -0.05) is 0 Å². The zero-order chi connectivity index (χ0) is 17.1. The van der Waals surface area contributed by atoms with E-state index < -0.39 is 41.4 Å². The number of aliphatic hydroxyl groups excluding tert-OH is 1. The lowest BCUT2D eigenvalue weighted by Gasteiger charge is -2.24. The largest absolute Gasteiger partial charge is 0.465 e. The maximum absolute atomic E-state index is 13.9. The van der Waals surface area contributed by atoms with E-state index in [4.69, 9.17) is 5.11 Å². The minimum atomic E-state index is -1.87. The van der Waals surface area contributed by atoms with Crippen LogP contribution in [0, 0.1) is 17.6 Å². The molecule has 1 aromatic carbocycles. The van der Waals surface area contributed by atoms with Crippen molar-refractivity contribution in [2.45, 2.75) is 12.1 Å². The highest BCUT2D eigenvalue weighted by Crippen LogP contribution is 2.32. The Morgan fingerprint density at radius 2 is 1.91 bits per heavy atom. The summed E-state index contributed by atoms with van der Waals surface area (Å²) in [7, 11) is 0. The molecule has 122 valence electrons. The van der Waals surface area contributed by atoms with E-state index in [0.29, 0.717) is 10.5 Å². The number of hydrogen-bond donors (Lipinski definition) is 3. The summed E-state index contributed by atoms with van der Waals surface area (Å²) in [5.74, 6) is -2.84. The molecule has 0 spiro atoms. The normalized spacial score (nSPS) is 13.4. The van der Waals surface area contributed by atoms with Crippen LogP contribution < -0.4 is 5.32 Å². The van der Waals surface area contributed by atoms with E-state index >= 15 is 0 Å². The molecule has 23 heavy (non-hydrogen) atoms. The monoisotopic (exact) mass is 390 g/mol. The van der Waals surface area contributed by atoms with Gasteiger partial charge in [0.2, 0.25) is 5.95 Å². The smallest absolute Gasteiger partial charge is 0.405 e. The highest BCUT2D eigenvalue weighted by atomic mass is 79.9. The number of nitrogens with one attached hydrogen (secondary N) is 1. The predicted octanol–water partition coefficient (Wildman–Crippen LogP) is 3.30. The molecule has 5 nitrogen and oxygen atoms in total. The van der Waals surface area contributed by atoms with Gasteiger partial charge in [-0.3, -0.25) is 0 Å². The molecule has 0 bridgehead atoms. The highest BCUT2D eigenvalue weighted by Gasteiger charge is 2.30. The first-order valence-electron chi connectivity index (χ1n) is 6.23. The Morgan fingerprint density at radius 1 is 1.22 bits per heavy atom. The Kier molecular flexibility index (Phi) is 5.22. The van der Waals surface area contributed by atoms with Gasteiger partial charge in [-0.25, -0.2) is 18.6 Å². The Morgan fingerprint density at radius 3 is 2.57 bits per heavy atom. The van der Waals surface area contributed by atoms with Crippen LogP contribution in [0.3, 0.4) is 0 Å². The average Bonchev–Trinajstić information content (AvgIpc) is 2.49. The van der Waals surface area contributed by atoms with Gasteiger partial charge in [-0.2, -0.15) is 4.39 Å². The van der Waals surface area contributed by atoms with Crippen molar-refractivity contribution >= 4 is 22.0 Å².